The third-order valence-electron chi connectivity index (χ3n) is 2.31. The summed E-state index contributed by atoms with van der Waals surface area (Å²) in [5, 5.41) is 6.45. The number of nitrogens with one attached hydrogen (secondary N) is 1. The third-order valence-corrected chi connectivity index (χ3v) is 2.31. The third kappa shape index (κ3) is 2.63. The van der Waals surface area contributed by atoms with Crippen molar-refractivity contribution in [2.24, 2.45) is 0 Å². The first-order valence-electron chi connectivity index (χ1n) is 5.21. The van der Waals surface area contributed by atoms with Crippen LogP contribution in [0.5, 0.6) is 0 Å². The molecule has 0 aliphatic carbocycles. The average Bonchev–Trinajstić information content (AvgIpc) is 2.73. The highest BCUT2D eigenvalue weighted by atomic mass is 16.5. The molecular weight excluding hydrogens is 218 g/mol. The molecule has 3 N–H and O–H groups in total. The van der Waals surface area contributed by atoms with Gasteiger partial charge in [-0.2, -0.15) is 0 Å². The fraction of sp³-hybridized carbons (Fsp3) is 0.167. The number of hydrogen-bond acceptors (Lipinski definition) is 4. The van der Waals surface area contributed by atoms with Crippen LogP contribution in [0.1, 0.15) is 21.8 Å². The minimum Gasteiger partial charge on any atom is -0.398 e. The number of rotatable bonds is 3. The highest BCUT2D eigenvalue weighted by Crippen LogP contribution is 2.10. The number of benzene rings is 1. The summed E-state index contributed by atoms with van der Waals surface area (Å²) in [7, 11) is 0. The van der Waals surface area contributed by atoms with Gasteiger partial charge in [0.05, 0.1) is 17.8 Å². The smallest absolute Gasteiger partial charge is 0.253 e. The van der Waals surface area contributed by atoms with Gasteiger partial charge in [-0.15, -0.1) is 0 Å². The van der Waals surface area contributed by atoms with Crippen molar-refractivity contribution < 1.29 is 9.32 Å². The van der Waals surface area contributed by atoms with Crippen molar-refractivity contribution >= 4 is 11.6 Å². The largest absolute Gasteiger partial charge is 0.398 e. The molecule has 0 bridgehead atoms. The van der Waals surface area contributed by atoms with Crippen molar-refractivity contribution in [3.63, 3.8) is 0 Å². The van der Waals surface area contributed by atoms with E-state index in [1.165, 1.54) is 0 Å². The molecule has 1 heterocycles. The van der Waals surface area contributed by atoms with Crippen molar-refractivity contribution in [1.29, 1.82) is 0 Å². The van der Waals surface area contributed by atoms with E-state index >= 15 is 0 Å². The summed E-state index contributed by atoms with van der Waals surface area (Å²) in [4.78, 5) is 11.8. The normalized spacial score (nSPS) is 10.2. The van der Waals surface area contributed by atoms with E-state index in [2.05, 4.69) is 10.5 Å². The number of aryl methyl sites for hydroxylation is 1. The molecule has 17 heavy (non-hydrogen) atoms. The number of nitrogen functional groups attached to an aromatic ring is 1. The van der Waals surface area contributed by atoms with Gasteiger partial charge in [0, 0.05) is 11.8 Å². The van der Waals surface area contributed by atoms with Gasteiger partial charge < -0.3 is 15.6 Å². The SMILES string of the molecule is Cc1cc(CNC(=O)c2ccccc2N)on1. The Balaban J connectivity index is 2.01. The highest BCUT2D eigenvalue weighted by Gasteiger charge is 2.09. The lowest BCUT2D eigenvalue weighted by atomic mass is 10.1. The zero-order chi connectivity index (χ0) is 12.3. The molecule has 2 rings (SSSR count). The zero-order valence-corrected chi connectivity index (χ0v) is 9.43. The summed E-state index contributed by atoms with van der Waals surface area (Å²) in [6, 6.07) is 8.69. The second-order valence-electron chi connectivity index (χ2n) is 3.70. The van der Waals surface area contributed by atoms with E-state index in [4.69, 9.17) is 10.3 Å². The first kappa shape index (κ1) is 11.2. The minimum atomic E-state index is -0.225. The Labute approximate surface area is 98.6 Å². The molecule has 1 aromatic heterocycles. The van der Waals surface area contributed by atoms with Crippen LogP contribution < -0.4 is 11.1 Å². The van der Waals surface area contributed by atoms with Gasteiger partial charge in [0.15, 0.2) is 5.76 Å². The first-order valence-corrected chi connectivity index (χ1v) is 5.21. The number of para-hydroxylation sites is 1. The second-order valence-corrected chi connectivity index (χ2v) is 3.70. The van der Waals surface area contributed by atoms with Crippen LogP contribution in [0.4, 0.5) is 5.69 Å². The second kappa shape index (κ2) is 4.69. The molecule has 0 aliphatic rings. The van der Waals surface area contributed by atoms with E-state index in [0.29, 0.717) is 23.6 Å². The van der Waals surface area contributed by atoms with Gasteiger partial charge in [-0.25, -0.2) is 0 Å². The number of anilines is 1. The van der Waals surface area contributed by atoms with E-state index < -0.39 is 0 Å². The number of nitrogens with zero attached hydrogens (tertiary/aromatic N) is 1. The lowest BCUT2D eigenvalue weighted by Crippen LogP contribution is -2.23. The fourth-order valence-corrected chi connectivity index (χ4v) is 1.47. The van der Waals surface area contributed by atoms with Crippen molar-refractivity contribution in [2.75, 3.05) is 5.73 Å². The number of aromatic nitrogens is 1. The number of amides is 1. The van der Waals surface area contributed by atoms with Crippen LogP contribution >= 0.6 is 0 Å². The fourth-order valence-electron chi connectivity index (χ4n) is 1.47. The van der Waals surface area contributed by atoms with Gasteiger partial charge in [-0.3, -0.25) is 4.79 Å². The molecule has 0 unspecified atom stereocenters. The molecule has 2 aromatic rings. The van der Waals surface area contributed by atoms with Crippen LogP contribution in [0.15, 0.2) is 34.9 Å². The maximum absolute atomic E-state index is 11.8. The van der Waals surface area contributed by atoms with Crippen LogP contribution in [0.3, 0.4) is 0 Å². The van der Waals surface area contributed by atoms with Crippen molar-refractivity contribution in [1.82, 2.24) is 10.5 Å². The summed E-state index contributed by atoms with van der Waals surface area (Å²) in [6.45, 7) is 2.12. The minimum absolute atomic E-state index is 0.225. The van der Waals surface area contributed by atoms with E-state index in [1.54, 1.807) is 30.3 Å². The molecule has 5 heteroatoms. The topological polar surface area (TPSA) is 81.2 Å². The van der Waals surface area contributed by atoms with E-state index in [9.17, 15) is 4.79 Å². The molecule has 0 atom stereocenters. The van der Waals surface area contributed by atoms with E-state index in [0.717, 1.165) is 5.69 Å². The van der Waals surface area contributed by atoms with Gasteiger partial charge in [-0.05, 0) is 19.1 Å². The van der Waals surface area contributed by atoms with Gasteiger partial charge in [0.1, 0.15) is 0 Å². The summed E-state index contributed by atoms with van der Waals surface area (Å²) in [6.07, 6.45) is 0. The maximum Gasteiger partial charge on any atom is 0.253 e. The Bertz CT molecular complexity index is 534. The van der Waals surface area contributed by atoms with Gasteiger partial charge in [0.2, 0.25) is 0 Å². The van der Waals surface area contributed by atoms with Crippen LogP contribution in [0.2, 0.25) is 0 Å². The van der Waals surface area contributed by atoms with Crippen LogP contribution in [0.25, 0.3) is 0 Å². The lowest BCUT2D eigenvalue weighted by molar-refractivity contribution is 0.0948. The predicted octanol–water partition coefficient (Wildman–Crippen LogP) is 1.50. The standard InChI is InChI=1S/C12H13N3O2/c1-8-6-9(17-15-8)7-14-12(16)10-4-2-3-5-11(10)13/h2-6H,7,13H2,1H3,(H,14,16). The molecule has 1 aromatic carbocycles. The Morgan fingerprint density at radius 1 is 1.47 bits per heavy atom. The number of nitrogens with two attached hydrogens (primary N) is 1. The van der Waals surface area contributed by atoms with Crippen molar-refractivity contribution in [3.05, 3.63) is 47.3 Å². The van der Waals surface area contributed by atoms with Crippen molar-refractivity contribution in [3.8, 4) is 0 Å². The Kier molecular flexibility index (Phi) is 3.09. The molecule has 0 aliphatic heterocycles. The van der Waals surface area contributed by atoms with Crippen molar-refractivity contribution in [2.45, 2.75) is 13.5 Å². The summed E-state index contributed by atoms with van der Waals surface area (Å²) in [5.74, 6) is 0.391. The molecule has 0 fully saturated rings. The van der Waals surface area contributed by atoms with Gasteiger partial charge >= 0.3 is 0 Å². The molecule has 0 radical (unpaired) electrons. The molecule has 5 nitrogen and oxygen atoms in total. The summed E-state index contributed by atoms with van der Waals surface area (Å²) >= 11 is 0. The Morgan fingerprint density at radius 2 is 2.24 bits per heavy atom. The zero-order valence-electron chi connectivity index (χ0n) is 9.43. The Morgan fingerprint density at radius 3 is 2.88 bits per heavy atom. The maximum atomic E-state index is 11.8. The molecule has 1 amide bonds. The molecule has 0 spiro atoms. The number of carbonyl (C=O) groups is 1. The Hall–Kier alpha value is -2.30. The summed E-state index contributed by atoms with van der Waals surface area (Å²) in [5.41, 5.74) is 7.40. The quantitative estimate of drug-likeness (QED) is 0.784. The number of hydrogen-bond donors (Lipinski definition) is 2. The predicted molar refractivity (Wildman–Crippen MR) is 63.3 cm³/mol. The highest BCUT2D eigenvalue weighted by molar-refractivity contribution is 5.98. The molecular formula is C12H13N3O2. The summed E-state index contributed by atoms with van der Waals surface area (Å²) < 4.78 is 4.98. The van der Waals surface area contributed by atoms with Gasteiger partial charge in [-0.1, -0.05) is 17.3 Å². The first-order chi connectivity index (χ1) is 8.16. The van der Waals surface area contributed by atoms with E-state index in [-0.39, 0.29) is 5.91 Å². The lowest BCUT2D eigenvalue weighted by Gasteiger charge is -2.05. The van der Waals surface area contributed by atoms with E-state index in [1.807, 2.05) is 6.92 Å². The van der Waals surface area contributed by atoms with Crippen LogP contribution in [0, 0.1) is 6.92 Å². The molecule has 0 saturated carbocycles. The van der Waals surface area contributed by atoms with Gasteiger partial charge in [0.25, 0.3) is 5.91 Å². The molecule has 0 saturated heterocycles. The average molecular weight is 231 g/mol. The van der Waals surface area contributed by atoms with Crippen LogP contribution in [-0.4, -0.2) is 11.1 Å². The monoisotopic (exact) mass is 231 g/mol. The molecule has 88 valence electrons. The number of carbonyl (C=O) groups excluding carboxylic acids is 1. The van der Waals surface area contributed by atoms with Crippen LogP contribution in [-0.2, 0) is 6.54 Å².